The van der Waals surface area contributed by atoms with Crippen molar-refractivity contribution in [3.05, 3.63) is 29.8 Å². The van der Waals surface area contributed by atoms with Crippen LogP contribution in [0.2, 0.25) is 0 Å². The van der Waals surface area contributed by atoms with Gasteiger partial charge in [0.05, 0.1) is 0 Å². The molecule has 1 aromatic rings. The van der Waals surface area contributed by atoms with Gasteiger partial charge in [0.1, 0.15) is 0 Å². The highest BCUT2D eigenvalue weighted by Crippen LogP contribution is 2.53. The van der Waals surface area contributed by atoms with Gasteiger partial charge in [-0.3, -0.25) is 4.90 Å². The van der Waals surface area contributed by atoms with Gasteiger partial charge in [0, 0.05) is 38.4 Å². The van der Waals surface area contributed by atoms with E-state index in [2.05, 4.69) is 68.7 Å². The van der Waals surface area contributed by atoms with Gasteiger partial charge in [0.25, 0.3) is 0 Å². The molecule has 2 nitrogen and oxygen atoms in total. The molecule has 1 heterocycles. The molecule has 0 aromatic heterocycles. The van der Waals surface area contributed by atoms with Gasteiger partial charge in [0.15, 0.2) is 0 Å². The number of anilines is 1. The molecular weight excluding hydrogens is 328 g/mol. The second-order valence-electron chi connectivity index (χ2n) is 11.4. The van der Waals surface area contributed by atoms with Crippen LogP contribution in [-0.2, 0) is 0 Å². The standard InChI is InChI=1S/C25H40N2/c1-19-14-20(19)17-26-10-12-27(13-11-26)23-9-7-6-8-22(23)21-15-24(2,3)18-25(4,5)16-21/h6-9,19-21H,10-18H2,1-5H3. The van der Waals surface area contributed by atoms with Crippen LogP contribution >= 0.6 is 0 Å². The van der Waals surface area contributed by atoms with Crippen LogP contribution in [-0.4, -0.2) is 37.6 Å². The molecule has 0 radical (unpaired) electrons. The molecular formula is C25H40N2. The number of benzene rings is 1. The van der Waals surface area contributed by atoms with Crippen LogP contribution in [0.5, 0.6) is 0 Å². The van der Waals surface area contributed by atoms with Crippen LogP contribution in [0.25, 0.3) is 0 Å². The number of nitrogens with zero attached hydrogens (tertiary/aromatic N) is 2. The molecule has 150 valence electrons. The van der Waals surface area contributed by atoms with Crippen LogP contribution in [0.4, 0.5) is 5.69 Å². The lowest BCUT2D eigenvalue weighted by molar-refractivity contribution is 0.0970. The Bertz CT molecular complexity index is 638. The average molecular weight is 369 g/mol. The number of para-hydroxylation sites is 1. The molecule has 1 aliphatic heterocycles. The summed E-state index contributed by atoms with van der Waals surface area (Å²) in [5.74, 6) is 2.66. The predicted molar refractivity (Wildman–Crippen MR) is 117 cm³/mol. The highest BCUT2D eigenvalue weighted by Gasteiger charge is 2.40. The molecule has 2 saturated carbocycles. The maximum Gasteiger partial charge on any atom is 0.0402 e. The molecule has 4 rings (SSSR count). The van der Waals surface area contributed by atoms with Gasteiger partial charge in [-0.15, -0.1) is 0 Å². The zero-order valence-corrected chi connectivity index (χ0v) is 18.3. The van der Waals surface area contributed by atoms with E-state index in [1.165, 1.54) is 64.1 Å². The van der Waals surface area contributed by atoms with E-state index in [4.69, 9.17) is 0 Å². The van der Waals surface area contributed by atoms with Crippen LogP contribution in [0.1, 0.15) is 71.8 Å². The summed E-state index contributed by atoms with van der Waals surface area (Å²) in [4.78, 5) is 5.39. The Morgan fingerprint density at radius 3 is 2.11 bits per heavy atom. The first-order chi connectivity index (χ1) is 12.7. The van der Waals surface area contributed by atoms with Crippen LogP contribution in [0, 0.1) is 22.7 Å². The van der Waals surface area contributed by atoms with Crippen molar-refractivity contribution in [3.8, 4) is 0 Å². The van der Waals surface area contributed by atoms with E-state index in [-0.39, 0.29) is 0 Å². The van der Waals surface area contributed by atoms with Gasteiger partial charge < -0.3 is 4.90 Å². The fraction of sp³-hybridized carbons (Fsp3) is 0.760. The largest absolute Gasteiger partial charge is 0.369 e. The molecule has 2 heteroatoms. The second kappa shape index (κ2) is 7.10. The summed E-state index contributed by atoms with van der Waals surface area (Å²) in [5.41, 5.74) is 4.02. The van der Waals surface area contributed by atoms with E-state index in [1.807, 2.05) is 0 Å². The quantitative estimate of drug-likeness (QED) is 0.664. The zero-order chi connectivity index (χ0) is 19.2. The van der Waals surface area contributed by atoms with Crippen molar-refractivity contribution < 1.29 is 0 Å². The van der Waals surface area contributed by atoms with Gasteiger partial charge in [-0.2, -0.15) is 0 Å². The smallest absolute Gasteiger partial charge is 0.0402 e. The molecule has 2 atom stereocenters. The first-order valence-corrected chi connectivity index (χ1v) is 11.3. The molecule has 2 aliphatic carbocycles. The van der Waals surface area contributed by atoms with Crippen molar-refractivity contribution in [2.75, 3.05) is 37.6 Å². The van der Waals surface area contributed by atoms with Crippen molar-refractivity contribution in [2.24, 2.45) is 22.7 Å². The summed E-state index contributed by atoms with van der Waals surface area (Å²) in [6.45, 7) is 18.5. The number of piperazine rings is 1. The molecule has 27 heavy (non-hydrogen) atoms. The Hall–Kier alpha value is -1.02. The summed E-state index contributed by atoms with van der Waals surface area (Å²) in [6, 6.07) is 9.33. The third-order valence-corrected chi connectivity index (χ3v) is 7.41. The Balaban J connectivity index is 1.47. The Morgan fingerprint density at radius 1 is 0.926 bits per heavy atom. The normalized spacial score (nSPS) is 31.1. The van der Waals surface area contributed by atoms with Crippen molar-refractivity contribution in [2.45, 2.75) is 66.2 Å². The minimum atomic E-state index is 0.444. The average Bonchev–Trinajstić information content (AvgIpc) is 3.27. The molecule has 1 saturated heterocycles. The van der Waals surface area contributed by atoms with Gasteiger partial charge in [-0.1, -0.05) is 52.8 Å². The molecule has 3 aliphatic rings. The number of hydrogen-bond donors (Lipinski definition) is 0. The SMILES string of the molecule is CC1CC1CN1CCN(c2ccccc2C2CC(C)(C)CC(C)(C)C2)CC1. The fourth-order valence-electron chi connectivity index (χ4n) is 6.34. The summed E-state index contributed by atoms with van der Waals surface area (Å²) >= 11 is 0. The topological polar surface area (TPSA) is 6.48 Å². The third-order valence-electron chi connectivity index (χ3n) is 7.41. The molecule has 0 amide bonds. The second-order valence-corrected chi connectivity index (χ2v) is 11.4. The lowest BCUT2D eigenvalue weighted by Crippen LogP contribution is -2.47. The van der Waals surface area contributed by atoms with Crippen LogP contribution < -0.4 is 4.90 Å². The highest BCUT2D eigenvalue weighted by atomic mass is 15.3. The van der Waals surface area contributed by atoms with Crippen LogP contribution in [0.15, 0.2) is 24.3 Å². The highest BCUT2D eigenvalue weighted by molar-refractivity contribution is 5.56. The molecule has 2 unspecified atom stereocenters. The van der Waals surface area contributed by atoms with E-state index in [0.717, 1.165) is 11.8 Å². The maximum absolute atomic E-state index is 2.71. The van der Waals surface area contributed by atoms with Gasteiger partial charge >= 0.3 is 0 Å². The monoisotopic (exact) mass is 368 g/mol. The summed E-state index contributed by atoms with van der Waals surface area (Å²) in [5, 5.41) is 0. The summed E-state index contributed by atoms with van der Waals surface area (Å²) in [6.07, 6.45) is 5.45. The van der Waals surface area contributed by atoms with Crippen molar-refractivity contribution in [1.29, 1.82) is 0 Å². The third kappa shape index (κ3) is 4.53. The van der Waals surface area contributed by atoms with Crippen molar-refractivity contribution in [1.82, 2.24) is 4.90 Å². The Kier molecular flexibility index (Phi) is 5.08. The molecule has 3 fully saturated rings. The number of rotatable bonds is 4. The van der Waals surface area contributed by atoms with Gasteiger partial charge in [0.2, 0.25) is 0 Å². The first-order valence-electron chi connectivity index (χ1n) is 11.3. The predicted octanol–water partition coefficient (Wildman–Crippen LogP) is 5.78. The Labute approximate surface area is 167 Å². The zero-order valence-electron chi connectivity index (χ0n) is 18.3. The van der Waals surface area contributed by atoms with Crippen molar-refractivity contribution in [3.63, 3.8) is 0 Å². The minimum Gasteiger partial charge on any atom is -0.369 e. The molecule has 1 aromatic carbocycles. The fourth-order valence-corrected chi connectivity index (χ4v) is 6.34. The van der Waals surface area contributed by atoms with E-state index < -0.39 is 0 Å². The van der Waals surface area contributed by atoms with Gasteiger partial charge in [-0.25, -0.2) is 0 Å². The van der Waals surface area contributed by atoms with E-state index in [1.54, 1.807) is 5.56 Å². The minimum absolute atomic E-state index is 0.444. The summed E-state index contributed by atoms with van der Waals surface area (Å²) in [7, 11) is 0. The van der Waals surface area contributed by atoms with Gasteiger partial charge in [-0.05, 0) is 65.9 Å². The molecule has 0 N–H and O–H groups in total. The molecule has 0 spiro atoms. The van der Waals surface area contributed by atoms with Crippen LogP contribution in [0.3, 0.4) is 0 Å². The molecule has 0 bridgehead atoms. The van der Waals surface area contributed by atoms with E-state index in [9.17, 15) is 0 Å². The Morgan fingerprint density at radius 2 is 1.52 bits per heavy atom. The first kappa shape index (κ1) is 19.3. The van der Waals surface area contributed by atoms with E-state index in [0.29, 0.717) is 16.7 Å². The number of hydrogen-bond acceptors (Lipinski definition) is 2. The lowest BCUT2D eigenvalue weighted by Gasteiger charge is -2.46. The lowest BCUT2D eigenvalue weighted by atomic mass is 9.60. The van der Waals surface area contributed by atoms with Crippen molar-refractivity contribution >= 4 is 5.69 Å². The summed E-state index contributed by atoms with van der Waals surface area (Å²) < 4.78 is 0. The van der Waals surface area contributed by atoms with E-state index >= 15 is 0 Å². The maximum atomic E-state index is 2.71.